The predicted octanol–water partition coefficient (Wildman–Crippen LogP) is 0.455. The topological polar surface area (TPSA) is 74.2 Å². The van der Waals surface area contributed by atoms with Crippen molar-refractivity contribution >= 4 is 17.5 Å². The van der Waals surface area contributed by atoms with Crippen molar-refractivity contribution < 1.29 is 18.8 Å². The first-order valence-electron chi connectivity index (χ1n) is 8.02. The maximum absolute atomic E-state index is 13.3. The molecule has 0 saturated carbocycles. The average Bonchev–Trinajstić information content (AvgIpc) is 3.03. The van der Waals surface area contributed by atoms with Gasteiger partial charge in [-0.05, 0) is 26.2 Å². The summed E-state index contributed by atoms with van der Waals surface area (Å²) in [6.45, 7) is 1.18. The van der Waals surface area contributed by atoms with Crippen molar-refractivity contribution in [3.8, 4) is 0 Å². The molecule has 1 aliphatic heterocycles. The van der Waals surface area contributed by atoms with Gasteiger partial charge in [-0.15, -0.1) is 0 Å². The van der Waals surface area contributed by atoms with Crippen molar-refractivity contribution in [3.05, 3.63) is 35.6 Å². The number of carbonyl (C=O) groups excluding carboxylic acids is 2. The van der Waals surface area contributed by atoms with Gasteiger partial charge in [-0.1, -0.05) is 17.3 Å². The Balaban J connectivity index is 1.82. The van der Waals surface area contributed by atoms with E-state index < -0.39 is 6.10 Å². The molecule has 0 aliphatic carbocycles. The summed E-state index contributed by atoms with van der Waals surface area (Å²) in [6, 6.07) is 5.97. The quantitative estimate of drug-likeness (QED) is 0.775. The number of hydrogen-bond donors (Lipinski definition) is 1. The Hall–Kier alpha value is -2.48. The van der Waals surface area contributed by atoms with Crippen LogP contribution in [-0.2, 0) is 14.4 Å². The zero-order valence-corrected chi connectivity index (χ0v) is 14.7. The summed E-state index contributed by atoms with van der Waals surface area (Å²) in [4.78, 5) is 32.6. The van der Waals surface area contributed by atoms with Crippen LogP contribution in [0.1, 0.15) is 12.0 Å². The summed E-state index contributed by atoms with van der Waals surface area (Å²) in [6.07, 6.45) is -0.549. The van der Waals surface area contributed by atoms with Gasteiger partial charge in [0.2, 0.25) is 12.0 Å². The number of oxime groups is 1. The van der Waals surface area contributed by atoms with Gasteiger partial charge in [0, 0.05) is 32.1 Å². The molecule has 1 atom stereocenters. The molecule has 1 N–H and O–H groups in total. The Morgan fingerprint density at radius 2 is 2.12 bits per heavy atom. The molecule has 1 heterocycles. The molecule has 7 nitrogen and oxygen atoms in total. The van der Waals surface area contributed by atoms with Crippen LogP contribution in [0, 0.1) is 5.82 Å². The lowest BCUT2D eigenvalue weighted by Crippen LogP contribution is -2.44. The van der Waals surface area contributed by atoms with Crippen LogP contribution in [0.4, 0.5) is 4.39 Å². The molecule has 2 amide bonds. The normalized spacial score (nSPS) is 16.4. The number of carbonyl (C=O) groups is 2. The first-order valence-corrected chi connectivity index (χ1v) is 8.02. The van der Waals surface area contributed by atoms with E-state index >= 15 is 0 Å². The van der Waals surface area contributed by atoms with E-state index in [9.17, 15) is 14.0 Å². The fourth-order valence-corrected chi connectivity index (χ4v) is 2.36. The largest absolute Gasteiger partial charge is 0.382 e. The second kappa shape index (κ2) is 8.57. The second-order valence-electron chi connectivity index (χ2n) is 6.19. The molecule has 0 saturated heterocycles. The molecule has 1 unspecified atom stereocenters. The maximum atomic E-state index is 13.3. The molecular weight excluding hydrogens is 327 g/mol. The molecule has 2 rings (SSSR count). The standard InChI is InChI=1S/C17H23FN4O3/c1-21(2)8-7-19-16(23)11-22(3)17(24)15-10-14(20-25-15)12-5-4-6-13(18)9-12/h4-6,9,15H,7-8,10-11H2,1-3H3,(H,19,23). The molecule has 8 heteroatoms. The number of likely N-dealkylation sites (N-methyl/N-ethyl adjacent to an activating group) is 2. The van der Waals surface area contributed by atoms with Crippen LogP contribution in [0.5, 0.6) is 0 Å². The van der Waals surface area contributed by atoms with Crippen LogP contribution in [0.2, 0.25) is 0 Å². The molecule has 0 radical (unpaired) electrons. The highest BCUT2D eigenvalue weighted by molar-refractivity contribution is 6.04. The number of amides is 2. The fourth-order valence-electron chi connectivity index (χ4n) is 2.36. The lowest BCUT2D eigenvalue weighted by molar-refractivity contribution is -0.143. The van der Waals surface area contributed by atoms with Gasteiger partial charge < -0.3 is 20.0 Å². The number of nitrogens with zero attached hydrogens (tertiary/aromatic N) is 3. The lowest BCUT2D eigenvalue weighted by atomic mass is 10.0. The minimum Gasteiger partial charge on any atom is -0.382 e. The van der Waals surface area contributed by atoms with E-state index in [1.165, 1.54) is 24.1 Å². The molecule has 0 aromatic heterocycles. The Bertz CT molecular complexity index is 663. The van der Waals surface area contributed by atoms with Crippen LogP contribution in [0.3, 0.4) is 0 Å². The maximum Gasteiger partial charge on any atom is 0.267 e. The van der Waals surface area contributed by atoms with Gasteiger partial charge >= 0.3 is 0 Å². The molecule has 25 heavy (non-hydrogen) atoms. The highest BCUT2D eigenvalue weighted by Crippen LogP contribution is 2.18. The average molecular weight is 350 g/mol. The van der Waals surface area contributed by atoms with E-state index in [0.717, 1.165) is 6.54 Å². The summed E-state index contributed by atoms with van der Waals surface area (Å²) in [7, 11) is 5.36. The summed E-state index contributed by atoms with van der Waals surface area (Å²) in [5.74, 6) is -0.943. The number of nitrogens with one attached hydrogen (secondary N) is 1. The minimum absolute atomic E-state index is 0.0541. The molecule has 1 aromatic rings. The Kier molecular flexibility index (Phi) is 6.46. The van der Waals surface area contributed by atoms with Gasteiger partial charge in [0.25, 0.3) is 5.91 Å². The predicted molar refractivity (Wildman–Crippen MR) is 91.6 cm³/mol. The van der Waals surface area contributed by atoms with E-state index in [1.54, 1.807) is 12.1 Å². The van der Waals surface area contributed by atoms with Crippen LogP contribution in [0.25, 0.3) is 0 Å². The Morgan fingerprint density at radius 1 is 1.36 bits per heavy atom. The molecule has 1 aromatic carbocycles. The zero-order valence-electron chi connectivity index (χ0n) is 14.7. The number of hydrogen-bond acceptors (Lipinski definition) is 5. The molecule has 136 valence electrons. The van der Waals surface area contributed by atoms with E-state index in [2.05, 4.69) is 10.5 Å². The molecule has 0 bridgehead atoms. The van der Waals surface area contributed by atoms with Crippen molar-refractivity contribution in [2.24, 2.45) is 5.16 Å². The van der Waals surface area contributed by atoms with E-state index in [-0.39, 0.29) is 30.6 Å². The second-order valence-corrected chi connectivity index (χ2v) is 6.19. The SMILES string of the molecule is CN(C)CCNC(=O)CN(C)C(=O)C1CC(c2cccc(F)c2)=NO1. The lowest BCUT2D eigenvalue weighted by Gasteiger charge is -2.19. The van der Waals surface area contributed by atoms with Gasteiger partial charge in [0.15, 0.2) is 0 Å². The fraction of sp³-hybridized carbons (Fsp3) is 0.471. The van der Waals surface area contributed by atoms with Crippen molar-refractivity contribution in [2.45, 2.75) is 12.5 Å². The minimum atomic E-state index is -0.794. The van der Waals surface area contributed by atoms with Gasteiger partial charge in [0.1, 0.15) is 5.82 Å². The number of benzene rings is 1. The van der Waals surface area contributed by atoms with Gasteiger partial charge in [-0.25, -0.2) is 4.39 Å². The molecular formula is C17H23FN4O3. The number of rotatable bonds is 7. The van der Waals surface area contributed by atoms with E-state index in [1.807, 2.05) is 19.0 Å². The van der Waals surface area contributed by atoms with Gasteiger partial charge in [-0.3, -0.25) is 9.59 Å². The van der Waals surface area contributed by atoms with Crippen molar-refractivity contribution in [3.63, 3.8) is 0 Å². The van der Waals surface area contributed by atoms with E-state index in [4.69, 9.17) is 4.84 Å². The third kappa shape index (κ3) is 5.53. The number of halogens is 1. The first-order chi connectivity index (χ1) is 11.9. The van der Waals surface area contributed by atoms with Gasteiger partial charge in [0.05, 0.1) is 12.3 Å². The van der Waals surface area contributed by atoms with Crippen LogP contribution < -0.4 is 5.32 Å². The summed E-state index contributed by atoms with van der Waals surface area (Å²) < 4.78 is 13.3. The van der Waals surface area contributed by atoms with Gasteiger partial charge in [-0.2, -0.15) is 0 Å². The van der Waals surface area contributed by atoms with Crippen molar-refractivity contribution in [2.75, 3.05) is 40.8 Å². The zero-order chi connectivity index (χ0) is 18.4. The molecule has 0 spiro atoms. The highest BCUT2D eigenvalue weighted by atomic mass is 19.1. The summed E-state index contributed by atoms with van der Waals surface area (Å²) in [5, 5.41) is 6.62. The molecule has 0 fully saturated rings. The Labute approximate surface area is 146 Å². The smallest absolute Gasteiger partial charge is 0.267 e. The van der Waals surface area contributed by atoms with Crippen LogP contribution in [-0.4, -0.2) is 74.2 Å². The summed E-state index contributed by atoms with van der Waals surface area (Å²) >= 11 is 0. The van der Waals surface area contributed by atoms with E-state index in [0.29, 0.717) is 17.8 Å². The van der Waals surface area contributed by atoms with Crippen molar-refractivity contribution in [1.29, 1.82) is 0 Å². The third-order valence-electron chi connectivity index (χ3n) is 3.74. The monoisotopic (exact) mass is 350 g/mol. The Morgan fingerprint density at radius 3 is 2.80 bits per heavy atom. The highest BCUT2D eigenvalue weighted by Gasteiger charge is 2.31. The van der Waals surface area contributed by atoms with Crippen molar-refractivity contribution in [1.82, 2.24) is 15.1 Å². The third-order valence-corrected chi connectivity index (χ3v) is 3.74. The first kappa shape index (κ1) is 18.9. The summed E-state index contributed by atoms with van der Waals surface area (Å²) in [5.41, 5.74) is 1.10. The molecule has 1 aliphatic rings. The van der Waals surface area contributed by atoms with Crippen LogP contribution in [0.15, 0.2) is 29.4 Å². The van der Waals surface area contributed by atoms with Crippen LogP contribution >= 0.6 is 0 Å².